The number of morpholine rings is 1. The van der Waals surface area contributed by atoms with Crippen molar-refractivity contribution in [2.75, 3.05) is 33.0 Å². The quantitative estimate of drug-likeness (QED) is 0.752. The van der Waals surface area contributed by atoms with Gasteiger partial charge in [-0.25, -0.2) is 0 Å². The first-order valence-corrected chi connectivity index (χ1v) is 5.34. The molecule has 1 aromatic carbocycles. The fraction of sp³-hybridized carbons (Fsp3) is 0.500. The summed E-state index contributed by atoms with van der Waals surface area (Å²) in [7, 11) is 0. The van der Waals surface area contributed by atoms with Crippen LogP contribution < -0.4 is 4.74 Å². The van der Waals surface area contributed by atoms with Gasteiger partial charge in [0.25, 0.3) is 0 Å². The lowest BCUT2D eigenvalue weighted by atomic mass is 10.2. The summed E-state index contributed by atoms with van der Waals surface area (Å²) in [5, 5.41) is 0. The van der Waals surface area contributed by atoms with Crippen molar-refractivity contribution >= 4 is 0 Å². The van der Waals surface area contributed by atoms with Gasteiger partial charge in [0.05, 0.1) is 13.2 Å². The first-order valence-electron chi connectivity index (χ1n) is 5.34. The molecule has 1 aromatic rings. The zero-order chi connectivity index (χ0) is 10.5. The third kappa shape index (κ3) is 3.22. The number of aryl methyl sites for hydroxylation is 1. The van der Waals surface area contributed by atoms with Crippen LogP contribution in [0.1, 0.15) is 5.56 Å². The standard InChI is InChI=1S/C12H17NO2/c1-11-2-4-12(5-3-11)15-10-13-6-8-14-9-7-13/h2-5H,6-10H2,1H3. The van der Waals surface area contributed by atoms with Gasteiger partial charge in [-0.15, -0.1) is 0 Å². The summed E-state index contributed by atoms with van der Waals surface area (Å²) in [5.74, 6) is 0.937. The van der Waals surface area contributed by atoms with Gasteiger partial charge in [-0.3, -0.25) is 4.90 Å². The fourth-order valence-electron chi connectivity index (χ4n) is 1.53. The molecule has 0 saturated carbocycles. The summed E-state index contributed by atoms with van der Waals surface area (Å²) in [6, 6.07) is 8.15. The second-order valence-electron chi connectivity index (χ2n) is 3.82. The van der Waals surface area contributed by atoms with E-state index in [1.165, 1.54) is 5.56 Å². The normalized spacial score (nSPS) is 17.7. The van der Waals surface area contributed by atoms with Crippen LogP contribution in [-0.4, -0.2) is 37.9 Å². The van der Waals surface area contributed by atoms with E-state index in [0.717, 1.165) is 32.1 Å². The monoisotopic (exact) mass is 207 g/mol. The minimum Gasteiger partial charge on any atom is -0.478 e. The minimum absolute atomic E-state index is 0.659. The van der Waals surface area contributed by atoms with Crippen LogP contribution in [0.15, 0.2) is 24.3 Å². The number of ether oxygens (including phenoxy) is 2. The van der Waals surface area contributed by atoms with Crippen molar-refractivity contribution < 1.29 is 9.47 Å². The molecule has 0 radical (unpaired) electrons. The van der Waals surface area contributed by atoms with Crippen LogP contribution in [0, 0.1) is 6.92 Å². The van der Waals surface area contributed by atoms with Gasteiger partial charge in [-0.05, 0) is 19.1 Å². The maximum atomic E-state index is 5.67. The molecule has 0 amide bonds. The highest BCUT2D eigenvalue weighted by atomic mass is 16.5. The minimum atomic E-state index is 0.659. The van der Waals surface area contributed by atoms with E-state index < -0.39 is 0 Å². The van der Waals surface area contributed by atoms with Gasteiger partial charge >= 0.3 is 0 Å². The molecule has 0 spiro atoms. The third-order valence-corrected chi connectivity index (χ3v) is 2.54. The molecule has 0 N–H and O–H groups in total. The highest BCUT2D eigenvalue weighted by molar-refractivity contribution is 5.26. The molecule has 1 aliphatic rings. The predicted molar refractivity (Wildman–Crippen MR) is 59.1 cm³/mol. The van der Waals surface area contributed by atoms with Crippen molar-refractivity contribution in [2.45, 2.75) is 6.92 Å². The first kappa shape index (κ1) is 10.5. The molecule has 3 heteroatoms. The molecule has 1 fully saturated rings. The number of hydrogen-bond acceptors (Lipinski definition) is 3. The van der Waals surface area contributed by atoms with Crippen LogP contribution in [-0.2, 0) is 4.74 Å². The van der Waals surface area contributed by atoms with Gasteiger partial charge in [0.1, 0.15) is 12.5 Å². The Morgan fingerprint density at radius 1 is 1.20 bits per heavy atom. The summed E-state index contributed by atoms with van der Waals surface area (Å²) >= 11 is 0. The number of hydrogen-bond donors (Lipinski definition) is 0. The van der Waals surface area contributed by atoms with Crippen LogP contribution in [0.3, 0.4) is 0 Å². The average Bonchev–Trinajstić information content (AvgIpc) is 2.30. The van der Waals surface area contributed by atoms with Gasteiger partial charge < -0.3 is 9.47 Å². The number of nitrogens with zero attached hydrogens (tertiary/aromatic N) is 1. The summed E-state index contributed by atoms with van der Waals surface area (Å²) in [4.78, 5) is 2.25. The average molecular weight is 207 g/mol. The molecule has 1 aliphatic heterocycles. The predicted octanol–water partition coefficient (Wildman–Crippen LogP) is 1.66. The molecule has 1 heterocycles. The molecule has 3 nitrogen and oxygen atoms in total. The van der Waals surface area contributed by atoms with Crippen LogP contribution in [0.4, 0.5) is 0 Å². The molecule has 0 bridgehead atoms. The first-order chi connectivity index (χ1) is 7.34. The van der Waals surface area contributed by atoms with E-state index in [0.29, 0.717) is 6.73 Å². The van der Waals surface area contributed by atoms with Crippen molar-refractivity contribution in [2.24, 2.45) is 0 Å². The van der Waals surface area contributed by atoms with E-state index in [-0.39, 0.29) is 0 Å². The molecule has 0 aliphatic carbocycles. The Labute approximate surface area is 90.6 Å². The molecule has 0 aromatic heterocycles. The van der Waals surface area contributed by atoms with Gasteiger partial charge in [0.15, 0.2) is 0 Å². The second-order valence-corrected chi connectivity index (χ2v) is 3.82. The Balaban J connectivity index is 1.79. The summed E-state index contributed by atoms with van der Waals surface area (Å²) in [6.45, 7) is 6.30. The summed E-state index contributed by atoms with van der Waals surface area (Å²) in [5.41, 5.74) is 1.26. The molecular weight excluding hydrogens is 190 g/mol. The Kier molecular flexibility index (Phi) is 3.59. The maximum absolute atomic E-state index is 5.67. The maximum Gasteiger partial charge on any atom is 0.142 e. The lowest BCUT2D eigenvalue weighted by Crippen LogP contribution is -2.38. The second kappa shape index (κ2) is 5.14. The van der Waals surface area contributed by atoms with E-state index in [2.05, 4.69) is 24.0 Å². The fourth-order valence-corrected chi connectivity index (χ4v) is 1.53. The van der Waals surface area contributed by atoms with Crippen molar-refractivity contribution in [1.29, 1.82) is 0 Å². The zero-order valence-electron chi connectivity index (χ0n) is 9.11. The zero-order valence-corrected chi connectivity index (χ0v) is 9.11. The van der Waals surface area contributed by atoms with Gasteiger partial charge in [-0.1, -0.05) is 17.7 Å². The SMILES string of the molecule is Cc1ccc(OCN2CCOCC2)cc1. The molecule has 2 rings (SSSR count). The lowest BCUT2D eigenvalue weighted by Gasteiger charge is -2.26. The van der Waals surface area contributed by atoms with Gasteiger partial charge in [0, 0.05) is 13.1 Å². The Hall–Kier alpha value is -1.06. The van der Waals surface area contributed by atoms with E-state index in [1.54, 1.807) is 0 Å². The van der Waals surface area contributed by atoms with Crippen LogP contribution in [0.2, 0.25) is 0 Å². The smallest absolute Gasteiger partial charge is 0.142 e. The van der Waals surface area contributed by atoms with Crippen LogP contribution in [0.5, 0.6) is 5.75 Å². The molecule has 1 saturated heterocycles. The molecular formula is C12H17NO2. The number of rotatable bonds is 3. The summed E-state index contributed by atoms with van der Waals surface area (Å²) in [6.07, 6.45) is 0. The molecule has 15 heavy (non-hydrogen) atoms. The van der Waals surface area contributed by atoms with Crippen molar-refractivity contribution in [3.63, 3.8) is 0 Å². The Morgan fingerprint density at radius 3 is 2.53 bits per heavy atom. The Morgan fingerprint density at radius 2 is 1.87 bits per heavy atom. The molecule has 0 unspecified atom stereocenters. The van der Waals surface area contributed by atoms with Gasteiger partial charge in [-0.2, -0.15) is 0 Å². The largest absolute Gasteiger partial charge is 0.478 e. The van der Waals surface area contributed by atoms with Crippen LogP contribution >= 0.6 is 0 Å². The van der Waals surface area contributed by atoms with Gasteiger partial charge in [0.2, 0.25) is 0 Å². The number of benzene rings is 1. The topological polar surface area (TPSA) is 21.7 Å². The Bertz CT molecular complexity index is 291. The summed E-state index contributed by atoms with van der Waals surface area (Å²) < 4.78 is 10.9. The third-order valence-electron chi connectivity index (χ3n) is 2.54. The molecule has 0 atom stereocenters. The van der Waals surface area contributed by atoms with E-state index in [4.69, 9.17) is 9.47 Å². The van der Waals surface area contributed by atoms with E-state index >= 15 is 0 Å². The van der Waals surface area contributed by atoms with Crippen LogP contribution in [0.25, 0.3) is 0 Å². The molecule has 82 valence electrons. The highest BCUT2D eigenvalue weighted by Gasteiger charge is 2.09. The highest BCUT2D eigenvalue weighted by Crippen LogP contribution is 2.11. The van der Waals surface area contributed by atoms with E-state index in [9.17, 15) is 0 Å². The van der Waals surface area contributed by atoms with Crippen molar-refractivity contribution in [3.8, 4) is 5.75 Å². The lowest BCUT2D eigenvalue weighted by molar-refractivity contribution is 0.00407. The van der Waals surface area contributed by atoms with Crippen molar-refractivity contribution in [3.05, 3.63) is 29.8 Å². The van der Waals surface area contributed by atoms with Crippen molar-refractivity contribution in [1.82, 2.24) is 4.90 Å². The van der Waals surface area contributed by atoms with E-state index in [1.807, 2.05) is 12.1 Å².